The van der Waals surface area contributed by atoms with Crippen molar-refractivity contribution < 1.29 is 38.1 Å². The van der Waals surface area contributed by atoms with Gasteiger partial charge in [-0.1, -0.05) is 29.8 Å². The summed E-state index contributed by atoms with van der Waals surface area (Å²) in [6.45, 7) is 6.90. The minimum absolute atomic E-state index is 0.104. The lowest BCUT2D eigenvalue weighted by atomic mass is 9.95. The van der Waals surface area contributed by atoms with E-state index in [4.69, 9.17) is 26.1 Å². The molecule has 3 aliphatic rings. The number of urea groups is 1. The third-order valence-electron chi connectivity index (χ3n) is 8.67. The fourth-order valence-electron chi connectivity index (χ4n) is 6.41. The zero-order chi connectivity index (χ0) is 37.3. The third kappa shape index (κ3) is 7.88. The van der Waals surface area contributed by atoms with Crippen LogP contribution in [0.15, 0.2) is 70.3 Å². The number of amides is 3. The number of aliphatic imine (C=N–C) groups is 1. The highest BCUT2D eigenvalue weighted by Gasteiger charge is 2.42. The highest BCUT2D eigenvalue weighted by molar-refractivity contribution is 7.11. The van der Waals surface area contributed by atoms with Gasteiger partial charge in [0.15, 0.2) is 16.9 Å². The summed E-state index contributed by atoms with van der Waals surface area (Å²) in [4.78, 5) is 66.3. The molecule has 274 valence electrons. The van der Waals surface area contributed by atoms with Gasteiger partial charge in [0.25, 0.3) is 0 Å². The summed E-state index contributed by atoms with van der Waals surface area (Å²) in [5, 5.41) is 18.1. The number of hydrogen-bond donors (Lipinski definition) is 3. The van der Waals surface area contributed by atoms with E-state index in [0.717, 1.165) is 0 Å². The molecule has 6 rings (SSSR count). The number of ether oxygens (including phenoxy) is 2. The van der Waals surface area contributed by atoms with E-state index in [9.17, 15) is 28.7 Å². The van der Waals surface area contributed by atoms with Crippen LogP contribution in [0.3, 0.4) is 0 Å². The number of aliphatic carboxylic acids is 1. The zero-order valence-electron chi connectivity index (χ0n) is 28.8. The Labute approximate surface area is 307 Å². The van der Waals surface area contributed by atoms with Crippen LogP contribution in [0.25, 0.3) is 0 Å². The number of methoxy groups -OCH3 is 1. The van der Waals surface area contributed by atoms with Gasteiger partial charge in [0.2, 0.25) is 0 Å². The quantitative estimate of drug-likeness (QED) is 0.260. The number of fused-ring (bicyclic) bond motifs is 1. The van der Waals surface area contributed by atoms with Crippen LogP contribution in [-0.2, 0) is 19.1 Å². The Hall–Kier alpha value is -5.06. The van der Waals surface area contributed by atoms with E-state index < -0.39 is 41.5 Å². The number of nitrogens with one attached hydrogen (secondary N) is 2. The van der Waals surface area contributed by atoms with Crippen molar-refractivity contribution >= 4 is 58.5 Å². The van der Waals surface area contributed by atoms with Gasteiger partial charge >= 0.3 is 24.1 Å². The number of benzene rings is 2. The number of rotatable bonds is 9. The number of nitrogens with zero attached hydrogens (tertiary/aromatic N) is 5. The molecule has 2 fully saturated rings. The number of esters is 1. The van der Waals surface area contributed by atoms with E-state index in [0.29, 0.717) is 54.0 Å². The van der Waals surface area contributed by atoms with E-state index in [1.807, 2.05) is 0 Å². The summed E-state index contributed by atoms with van der Waals surface area (Å²) >= 11 is 7.85. The van der Waals surface area contributed by atoms with Gasteiger partial charge < -0.3 is 30.1 Å². The van der Waals surface area contributed by atoms with Crippen LogP contribution in [0.4, 0.5) is 19.7 Å². The summed E-state index contributed by atoms with van der Waals surface area (Å²) in [5.41, 5.74) is 1.08. The molecular formula is C35H37ClFN7O7S. The summed E-state index contributed by atoms with van der Waals surface area (Å²) in [5.74, 6) is -2.02. The fourth-order valence-corrected chi connectivity index (χ4v) is 7.27. The predicted octanol–water partition coefficient (Wildman–Crippen LogP) is 4.73. The molecule has 2 saturated heterocycles. The third-order valence-corrected chi connectivity index (χ3v) is 9.77. The monoisotopic (exact) mass is 753 g/mol. The van der Waals surface area contributed by atoms with Crippen LogP contribution >= 0.6 is 22.9 Å². The normalized spacial score (nSPS) is 19.8. The Morgan fingerprint density at radius 2 is 1.96 bits per heavy atom. The first-order chi connectivity index (χ1) is 24.7. The van der Waals surface area contributed by atoms with Gasteiger partial charge in [-0.3, -0.25) is 14.8 Å². The second-order valence-electron chi connectivity index (χ2n) is 13.4. The fraction of sp³-hybridized carbons (Fsp3) is 0.371. The molecule has 0 bridgehead atoms. The number of halogens is 2. The summed E-state index contributed by atoms with van der Waals surface area (Å²) < 4.78 is 24.5. The maximum absolute atomic E-state index is 14.0. The second-order valence-corrected chi connectivity index (χ2v) is 14.7. The molecule has 3 amide bonds. The molecular weight excluding hydrogens is 717 g/mol. The number of piperazine rings is 1. The number of carbonyl (C=O) groups is 4. The molecule has 0 saturated carbocycles. The van der Waals surface area contributed by atoms with Crippen LogP contribution in [0.1, 0.15) is 49.0 Å². The zero-order valence-corrected chi connectivity index (χ0v) is 30.3. The van der Waals surface area contributed by atoms with Crippen molar-refractivity contribution in [3.8, 4) is 0 Å². The highest BCUT2D eigenvalue weighted by atomic mass is 35.5. The van der Waals surface area contributed by atoms with E-state index >= 15 is 0 Å². The Bertz CT molecular complexity index is 1950. The summed E-state index contributed by atoms with van der Waals surface area (Å²) in [6.07, 6.45) is 0.760. The molecule has 14 nitrogen and oxygen atoms in total. The number of carboxylic acids is 1. The molecule has 1 aromatic heterocycles. The average molecular weight is 754 g/mol. The standard InChI is InChI=1S/C35H37ClFN7O7S/c1-35(2,3)51-33(48)41-27(31(45)46)19-6-5-7-21(14-19)44-17-22-16-42(11-12-43(22)34(44)49)18-25-26(32(47)50-4)28(23-9-8-20(37)15-24(23)36)40-29(39-25)30-38-10-13-52-30/h5-10,13-15,22,27-28H,11-12,16-18H2,1-4H3,(H,39,40)(H,41,48)(H,45,46)/t22-,27?,28-/m0/s1. The van der Waals surface area contributed by atoms with Gasteiger partial charge in [-0.25, -0.2) is 28.6 Å². The molecule has 3 N–H and O–H groups in total. The molecule has 4 heterocycles. The van der Waals surface area contributed by atoms with Crippen molar-refractivity contribution in [1.29, 1.82) is 0 Å². The van der Waals surface area contributed by atoms with E-state index in [-0.39, 0.29) is 34.8 Å². The number of alkyl carbamates (subject to hydrolysis) is 1. The van der Waals surface area contributed by atoms with Gasteiger partial charge in [0.05, 0.1) is 18.7 Å². The van der Waals surface area contributed by atoms with Crippen LogP contribution in [0.5, 0.6) is 0 Å². The Morgan fingerprint density at radius 1 is 1.17 bits per heavy atom. The first-order valence-electron chi connectivity index (χ1n) is 16.4. The van der Waals surface area contributed by atoms with E-state index in [2.05, 4.69) is 20.5 Å². The molecule has 3 aromatic rings. The molecule has 52 heavy (non-hydrogen) atoms. The van der Waals surface area contributed by atoms with Crippen molar-refractivity contribution in [2.75, 3.05) is 44.7 Å². The molecule has 0 aliphatic carbocycles. The molecule has 0 spiro atoms. The minimum Gasteiger partial charge on any atom is -0.479 e. The van der Waals surface area contributed by atoms with Gasteiger partial charge in [-0.15, -0.1) is 11.3 Å². The number of carbonyl (C=O) groups excluding carboxylic acids is 3. The van der Waals surface area contributed by atoms with E-state index in [1.165, 1.54) is 36.6 Å². The number of hydrogen-bond acceptors (Lipinski definition) is 11. The maximum atomic E-state index is 14.0. The number of anilines is 1. The molecule has 0 radical (unpaired) electrons. The SMILES string of the molecule is COC(=O)C1=C(CN2CCN3C(=O)N(c4cccc(C(NC(=O)OC(C)(C)C)C(=O)O)c4)C[C@@H]3C2)NC(c2nccs2)=N[C@H]1c1ccc(F)cc1Cl. The average Bonchev–Trinajstić information content (AvgIpc) is 3.74. The summed E-state index contributed by atoms with van der Waals surface area (Å²) in [6, 6.07) is 7.62. The molecule has 3 aliphatic heterocycles. The van der Waals surface area contributed by atoms with Crippen LogP contribution in [0, 0.1) is 5.82 Å². The van der Waals surface area contributed by atoms with Gasteiger partial charge in [0, 0.05) is 66.3 Å². The lowest BCUT2D eigenvalue weighted by molar-refractivity contribution is -0.139. The van der Waals surface area contributed by atoms with Crippen LogP contribution in [0.2, 0.25) is 5.02 Å². The van der Waals surface area contributed by atoms with Crippen molar-refractivity contribution in [2.24, 2.45) is 4.99 Å². The minimum atomic E-state index is -1.41. The van der Waals surface area contributed by atoms with E-state index in [1.54, 1.807) is 66.4 Å². The maximum Gasteiger partial charge on any atom is 0.408 e. The summed E-state index contributed by atoms with van der Waals surface area (Å²) in [7, 11) is 1.27. The molecule has 1 unspecified atom stereocenters. The van der Waals surface area contributed by atoms with Crippen LogP contribution < -0.4 is 15.5 Å². The lowest BCUT2D eigenvalue weighted by Gasteiger charge is -2.38. The number of carboxylic acid groups (broad SMARTS) is 1. The first-order valence-corrected chi connectivity index (χ1v) is 17.6. The van der Waals surface area contributed by atoms with Crippen molar-refractivity contribution in [1.82, 2.24) is 25.4 Å². The van der Waals surface area contributed by atoms with Gasteiger partial charge in [-0.2, -0.15) is 0 Å². The molecule has 17 heteroatoms. The van der Waals surface area contributed by atoms with Crippen LogP contribution in [-0.4, -0.2) is 101 Å². The number of aromatic nitrogens is 1. The highest BCUT2D eigenvalue weighted by Crippen LogP contribution is 2.37. The topological polar surface area (TPSA) is 166 Å². The van der Waals surface area contributed by atoms with Gasteiger partial charge in [0.1, 0.15) is 17.5 Å². The smallest absolute Gasteiger partial charge is 0.408 e. The van der Waals surface area contributed by atoms with Crippen molar-refractivity contribution in [3.05, 3.63) is 92.3 Å². The number of amidine groups is 1. The Kier molecular flexibility index (Phi) is 10.5. The second kappa shape index (κ2) is 14.9. The first kappa shape index (κ1) is 36.7. The molecule has 2 aromatic carbocycles. The van der Waals surface area contributed by atoms with Gasteiger partial charge in [-0.05, 0) is 50.6 Å². The number of thiazole rings is 1. The largest absolute Gasteiger partial charge is 0.479 e. The predicted molar refractivity (Wildman–Crippen MR) is 191 cm³/mol. The van der Waals surface area contributed by atoms with Crippen molar-refractivity contribution in [3.63, 3.8) is 0 Å². The van der Waals surface area contributed by atoms with Crippen molar-refractivity contribution in [2.45, 2.75) is 44.5 Å². The lowest BCUT2D eigenvalue weighted by Crippen LogP contribution is -2.53. The molecule has 3 atom stereocenters. The Balaban J connectivity index is 1.23. The Morgan fingerprint density at radius 3 is 2.63 bits per heavy atom.